The highest BCUT2D eigenvalue weighted by atomic mass is 32.2. The Bertz CT molecular complexity index is 1080. The number of methoxy groups -OCH3 is 1. The SMILES string of the molecule is CCN1CCN(c2ccccc2NC(=O)CSc2nnc(C)n2-c2ccc(OC)cc2)CC1. The lowest BCUT2D eigenvalue weighted by molar-refractivity contribution is -0.113. The smallest absolute Gasteiger partial charge is 0.234 e. The van der Waals surface area contributed by atoms with Crippen LogP contribution in [-0.4, -0.2) is 71.2 Å². The van der Waals surface area contributed by atoms with E-state index in [-0.39, 0.29) is 11.7 Å². The molecule has 0 bridgehead atoms. The molecule has 0 atom stereocenters. The van der Waals surface area contributed by atoms with Crippen molar-refractivity contribution in [1.29, 1.82) is 0 Å². The van der Waals surface area contributed by atoms with Crippen molar-refractivity contribution >= 4 is 29.0 Å². The van der Waals surface area contributed by atoms with Gasteiger partial charge in [0.2, 0.25) is 5.91 Å². The summed E-state index contributed by atoms with van der Waals surface area (Å²) in [5, 5.41) is 12.2. The average molecular weight is 467 g/mol. The number of aryl methyl sites for hydroxylation is 1. The third-order valence-electron chi connectivity index (χ3n) is 5.80. The van der Waals surface area contributed by atoms with E-state index < -0.39 is 0 Å². The van der Waals surface area contributed by atoms with Gasteiger partial charge in [-0.25, -0.2) is 0 Å². The summed E-state index contributed by atoms with van der Waals surface area (Å²) >= 11 is 1.37. The van der Waals surface area contributed by atoms with Gasteiger partial charge in [0.1, 0.15) is 11.6 Å². The zero-order valence-corrected chi connectivity index (χ0v) is 20.1. The fourth-order valence-electron chi connectivity index (χ4n) is 3.94. The topological polar surface area (TPSA) is 75.5 Å². The van der Waals surface area contributed by atoms with Crippen LogP contribution in [0.4, 0.5) is 11.4 Å². The summed E-state index contributed by atoms with van der Waals surface area (Å²) in [4.78, 5) is 17.6. The van der Waals surface area contributed by atoms with Gasteiger partial charge in [0.05, 0.1) is 24.2 Å². The number of rotatable bonds is 8. The van der Waals surface area contributed by atoms with Crippen LogP contribution in [-0.2, 0) is 4.79 Å². The Kier molecular flexibility index (Phi) is 7.51. The fraction of sp³-hybridized carbons (Fsp3) is 0.375. The number of nitrogens with one attached hydrogen (secondary N) is 1. The van der Waals surface area contributed by atoms with Gasteiger partial charge in [0.25, 0.3) is 0 Å². The molecule has 174 valence electrons. The molecule has 0 unspecified atom stereocenters. The first-order valence-corrected chi connectivity index (χ1v) is 12.1. The molecule has 1 saturated heterocycles. The van der Waals surface area contributed by atoms with Crippen molar-refractivity contribution in [3.05, 3.63) is 54.4 Å². The van der Waals surface area contributed by atoms with Crippen LogP contribution in [0, 0.1) is 6.92 Å². The lowest BCUT2D eigenvalue weighted by Gasteiger charge is -2.36. The summed E-state index contributed by atoms with van der Waals surface area (Å²) < 4.78 is 7.19. The van der Waals surface area contributed by atoms with Gasteiger partial charge in [-0.1, -0.05) is 30.8 Å². The van der Waals surface area contributed by atoms with Gasteiger partial charge in [-0.2, -0.15) is 0 Å². The number of piperazine rings is 1. The number of amides is 1. The predicted octanol–water partition coefficient (Wildman–Crippen LogP) is 3.46. The molecule has 1 aliphatic heterocycles. The molecule has 0 spiro atoms. The molecule has 9 heteroatoms. The van der Waals surface area contributed by atoms with Crippen LogP contribution in [0.15, 0.2) is 53.7 Å². The van der Waals surface area contributed by atoms with E-state index in [1.165, 1.54) is 11.8 Å². The van der Waals surface area contributed by atoms with Crippen molar-refractivity contribution in [2.45, 2.75) is 19.0 Å². The first kappa shape index (κ1) is 23.1. The maximum atomic E-state index is 12.8. The minimum atomic E-state index is -0.0680. The summed E-state index contributed by atoms with van der Waals surface area (Å²) in [6.45, 7) is 9.15. The molecule has 33 heavy (non-hydrogen) atoms. The maximum absolute atomic E-state index is 12.8. The Hall–Kier alpha value is -3.04. The normalized spacial score (nSPS) is 14.3. The van der Waals surface area contributed by atoms with Crippen molar-refractivity contribution in [1.82, 2.24) is 19.7 Å². The molecule has 0 aliphatic carbocycles. The van der Waals surface area contributed by atoms with Crippen molar-refractivity contribution in [2.75, 3.05) is 55.8 Å². The molecule has 4 rings (SSSR count). The number of carbonyl (C=O) groups excluding carboxylic acids is 1. The second-order valence-corrected chi connectivity index (χ2v) is 8.78. The highest BCUT2D eigenvalue weighted by molar-refractivity contribution is 7.99. The quantitative estimate of drug-likeness (QED) is 0.510. The molecule has 3 aromatic rings. The lowest BCUT2D eigenvalue weighted by Crippen LogP contribution is -2.46. The summed E-state index contributed by atoms with van der Waals surface area (Å²) in [5.74, 6) is 1.72. The molecular formula is C24H30N6O2S. The Morgan fingerprint density at radius 3 is 2.48 bits per heavy atom. The third-order valence-corrected chi connectivity index (χ3v) is 6.73. The third kappa shape index (κ3) is 5.48. The number of likely N-dealkylation sites (N-methyl/N-ethyl adjacent to an activating group) is 1. The number of hydrogen-bond acceptors (Lipinski definition) is 7. The first-order valence-electron chi connectivity index (χ1n) is 11.1. The number of nitrogens with zero attached hydrogens (tertiary/aromatic N) is 5. The summed E-state index contributed by atoms with van der Waals surface area (Å²) in [6, 6.07) is 15.7. The first-order chi connectivity index (χ1) is 16.1. The standard InChI is InChI=1S/C24H30N6O2S/c1-4-28-13-15-29(16-14-28)22-8-6-5-7-21(22)25-23(31)17-33-24-27-26-18(2)30(24)19-9-11-20(32-3)12-10-19/h5-12H,4,13-17H2,1-3H3,(H,25,31). The van der Waals surface area contributed by atoms with Gasteiger partial charge in [-0.3, -0.25) is 9.36 Å². The molecule has 0 radical (unpaired) electrons. The van der Waals surface area contributed by atoms with Gasteiger partial charge in [-0.05, 0) is 49.9 Å². The second kappa shape index (κ2) is 10.7. The lowest BCUT2D eigenvalue weighted by atomic mass is 10.2. The van der Waals surface area contributed by atoms with E-state index in [9.17, 15) is 4.79 Å². The minimum Gasteiger partial charge on any atom is -0.497 e. The van der Waals surface area contributed by atoms with Crippen LogP contribution in [0.1, 0.15) is 12.7 Å². The average Bonchev–Trinajstić information content (AvgIpc) is 3.23. The Morgan fingerprint density at radius 1 is 1.06 bits per heavy atom. The molecule has 2 heterocycles. The van der Waals surface area contributed by atoms with Gasteiger partial charge in [0.15, 0.2) is 5.16 Å². The summed E-state index contributed by atoms with van der Waals surface area (Å²) in [6.07, 6.45) is 0. The number of hydrogen-bond donors (Lipinski definition) is 1. The predicted molar refractivity (Wildman–Crippen MR) is 133 cm³/mol. The van der Waals surface area contributed by atoms with Crippen molar-refractivity contribution in [2.24, 2.45) is 0 Å². The van der Waals surface area contributed by atoms with E-state index in [1.807, 2.05) is 54.0 Å². The second-order valence-electron chi connectivity index (χ2n) is 7.84. The largest absolute Gasteiger partial charge is 0.497 e. The molecule has 1 N–H and O–H groups in total. The highest BCUT2D eigenvalue weighted by Crippen LogP contribution is 2.28. The van der Waals surface area contributed by atoms with Gasteiger partial charge in [0, 0.05) is 31.9 Å². The van der Waals surface area contributed by atoms with Crippen LogP contribution in [0.5, 0.6) is 5.75 Å². The van der Waals surface area contributed by atoms with Crippen molar-refractivity contribution in [3.8, 4) is 11.4 Å². The molecule has 1 aliphatic rings. The van der Waals surface area contributed by atoms with Gasteiger partial charge < -0.3 is 19.9 Å². The zero-order chi connectivity index (χ0) is 23.2. The molecule has 1 fully saturated rings. The van der Waals surface area contributed by atoms with Crippen LogP contribution < -0.4 is 15.0 Å². The number of para-hydroxylation sites is 2. The number of thioether (sulfide) groups is 1. The number of benzene rings is 2. The van der Waals surface area contributed by atoms with E-state index in [2.05, 4.69) is 38.3 Å². The van der Waals surface area contributed by atoms with Crippen LogP contribution >= 0.6 is 11.8 Å². The fourth-order valence-corrected chi connectivity index (χ4v) is 4.74. The van der Waals surface area contributed by atoms with E-state index in [1.54, 1.807) is 7.11 Å². The molecular weight excluding hydrogens is 436 g/mol. The minimum absolute atomic E-state index is 0.0680. The van der Waals surface area contributed by atoms with Crippen molar-refractivity contribution in [3.63, 3.8) is 0 Å². The highest BCUT2D eigenvalue weighted by Gasteiger charge is 2.19. The molecule has 2 aromatic carbocycles. The van der Waals surface area contributed by atoms with Crippen LogP contribution in [0.25, 0.3) is 5.69 Å². The molecule has 1 amide bonds. The zero-order valence-electron chi connectivity index (χ0n) is 19.3. The van der Waals surface area contributed by atoms with Crippen LogP contribution in [0.2, 0.25) is 0 Å². The van der Waals surface area contributed by atoms with Gasteiger partial charge >= 0.3 is 0 Å². The van der Waals surface area contributed by atoms with E-state index in [0.717, 1.165) is 61.4 Å². The van der Waals surface area contributed by atoms with E-state index >= 15 is 0 Å². The Labute approximate surface area is 198 Å². The number of aromatic nitrogens is 3. The monoisotopic (exact) mass is 466 g/mol. The molecule has 1 aromatic heterocycles. The molecule has 8 nitrogen and oxygen atoms in total. The number of ether oxygens (including phenoxy) is 1. The van der Waals surface area contributed by atoms with Crippen LogP contribution in [0.3, 0.4) is 0 Å². The maximum Gasteiger partial charge on any atom is 0.234 e. The molecule has 0 saturated carbocycles. The Balaban J connectivity index is 1.41. The van der Waals surface area contributed by atoms with Gasteiger partial charge in [-0.15, -0.1) is 10.2 Å². The summed E-state index contributed by atoms with van der Waals surface area (Å²) in [5.41, 5.74) is 2.85. The van der Waals surface area contributed by atoms with E-state index in [0.29, 0.717) is 5.16 Å². The summed E-state index contributed by atoms with van der Waals surface area (Å²) in [7, 11) is 1.64. The Morgan fingerprint density at radius 2 is 1.79 bits per heavy atom. The van der Waals surface area contributed by atoms with E-state index in [4.69, 9.17) is 4.74 Å². The van der Waals surface area contributed by atoms with Crippen molar-refractivity contribution < 1.29 is 9.53 Å². The number of anilines is 2. The number of carbonyl (C=O) groups is 1.